The van der Waals surface area contributed by atoms with Crippen LogP contribution < -0.4 is 11.1 Å². The molecule has 1 aliphatic carbocycles. The minimum absolute atomic E-state index is 0.0957. The molecular formula is C16H30N2O3. The molecule has 5 heteroatoms. The van der Waals surface area contributed by atoms with E-state index in [1.807, 2.05) is 0 Å². The number of nitrogens with two attached hydrogens (primary N) is 1. The summed E-state index contributed by atoms with van der Waals surface area (Å²) in [5, 5.41) is 12.2. The molecule has 1 saturated carbocycles. The number of aliphatic carboxylic acids is 1. The maximum Gasteiger partial charge on any atom is 0.311 e. The van der Waals surface area contributed by atoms with Gasteiger partial charge in [0.25, 0.3) is 0 Å². The van der Waals surface area contributed by atoms with Crippen molar-refractivity contribution in [3.63, 3.8) is 0 Å². The summed E-state index contributed by atoms with van der Waals surface area (Å²) in [7, 11) is 0. The van der Waals surface area contributed by atoms with Crippen molar-refractivity contribution in [1.82, 2.24) is 5.32 Å². The standard InChI is InChI=1S/C16H30N2O3/c1-14(2,13(20)21)15(3,4)18-12(19)10-16(11-17)8-6-5-7-9-16/h5-11,17H2,1-4H3,(H,18,19)(H,20,21). The third-order valence-corrected chi connectivity index (χ3v) is 5.43. The summed E-state index contributed by atoms with van der Waals surface area (Å²) in [6.45, 7) is 7.30. The zero-order valence-electron chi connectivity index (χ0n) is 13.8. The monoisotopic (exact) mass is 298 g/mol. The first-order valence-corrected chi connectivity index (χ1v) is 7.81. The largest absolute Gasteiger partial charge is 0.481 e. The molecule has 0 atom stereocenters. The Morgan fingerprint density at radius 2 is 1.67 bits per heavy atom. The summed E-state index contributed by atoms with van der Waals surface area (Å²) in [6, 6.07) is 0. The average molecular weight is 298 g/mol. The molecule has 1 amide bonds. The molecule has 0 saturated heterocycles. The van der Waals surface area contributed by atoms with Crippen LogP contribution in [0.1, 0.15) is 66.2 Å². The van der Waals surface area contributed by atoms with E-state index in [1.165, 1.54) is 6.42 Å². The fraction of sp³-hybridized carbons (Fsp3) is 0.875. The molecule has 21 heavy (non-hydrogen) atoms. The van der Waals surface area contributed by atoms with Crippen molar-refractivity contribution in [2.45, 2.75) is 71.8 Å². The van der Waals surface area contributed by atoms with Gasteiger partial charge in [-0.1, -0.05) is 19.3 Å². The van der Waals surface area contributed by atoms with Gasteiger partial charge in [0, 0.05) is 12.0 Å². The van der Waals surface area contributed by atoms with Gasteiger partial charge in [0.15, 0.2) is 0 Å². The van der Waals surface area contributed by atoms with E-state index in [9.17, 15) is 14.7 Å². The SMILES string of the molecule is CC(C)(NC(=O)CC1(CN)CCCCC1)C(C)(C)C(=O)O. The molecule has 0 spiro atoms. The quantitative estimate of drug-likeness (QED) is 0.701. The topological polar surface area (TPSA) is 92.4 Å². The number of carboxylic acids is 1. The summed E-state index contributed by atoms with van der Waals surface area (Å²) >= 11 is 0. The van der Waals surface area contributed by atoms with Crippen molar-refractivity contribution in [1.29, 1.82) is 0 Å². The van der Waals surface area contributed by atoms with Crippen LogP contribution in [0.2, 0.25) is 0 Å². The lowest BCUT2D eigenvalue weighted by atomic mass is 9.70. The lowest BCUT2D eigenvalue weighted by Gasteiger charge is -2.41. The van der Waals surface area contributed by atoms with Gasteiger partial charge < -0.3 is 16.2 Å². The van der Waals surface area contributed by atoms with Crippen LogP contribution in [0.15, 0.2) is 0 Å². The fourth-order valence-corrected chi connectivity index (χ4v) is 2.91. The van der Waals surface area contributed by atoms with Gasteiger partial charge in [0.2, 0.25) is 5.91 Å². The number of hydrogen-bond acceptors (Lipinski definition) is 3. The van der Waals surface area contributed by atoms with Gasteiger partial charge >= 0.3 is 5.97 Å². The lowest BCUT2D eigenvalue weighted by molar-refractivity contribution is -0.152. The van der Waals surface area contributed by atoms with Gasteiger partial charge in [-0.05, 0) is 52.5 Å². The van der Waals surface area contributed by atoms with Crippen LogP contribution in [-0.4, -0.2) is 29.1 Å². The van der Waals surface area contributed by atoms with Crippen molar-refractivity contribution in [3.05, 3.63) is 0 Å². The highest BCUT2D eigenvalue weighted by Gasteiger charge is 2.45. The minimum atomic E-state index is -1.04. The predicted molar refractivity (Wildman–Crippen MR) is 82.8 cm³/mol. The molecule has 0 aromatic heterocycles. The van der Waals surface area contributed by atoms with E-state index in [2.05, 4.69) is 5.32 Å². The molecule has 1 aliphatic rings. The second kappa shape index (κ2) is 6.34. The summed E-state index contributed by atoms with van der Waals surface area (Å²) in [4.78, 5) is 23.8. The van der Waals surface area contributed by atoms with Crippen LogP contribution in [0.25, 0.3) is 0 Å². The molecule has 122 valence electrons. The Bertz CT molecular complexity index is 396. The van der Waals surface area contributed by atoms with E-state index in [0.29, 0.717) is 13.0 Å². The van der Waals surface area contributed by atoms with Crippen LogP contribution >= 0.6 is 0 Å². The number of amides is 1. The molecule has 0 unspecified atom stereocenters. The molecule has 0 aromatic rings. The molecule has 0 heterocycles. The van der Waals surface area contributed by atoms with Gasteiger partial charge in [-0.2, -0.15) is 0 Å². The van der Waals surface area contributed by atoms with Crippen molar-refractivity contribution in [2.24, 2.45) is 16.6 Å². The van der Waals surface area contributed by atoms with Gasteiger partial charge in [0.05, 0.1) is 5.41 Å². The summed E-state index contributed by atoms with van der Waals surface area (Å²) in [5.74, 6) is -1.01. The van der Waals surface area contributed by atoms with Crippen molar-refractivity contribution >= 4 is 11.9 Å². The van der Waals surface area contributed by atoms with Crippen LogP contribution in [-0.2, 0) is 9.59 Å². The third kappa shape index (κ3) is 3.96. The van der Waals surface area contributed by atoms with Crippen molar-refractivity contribution in [2.75, 3.05) is 6.54 Å². The molecule has 0 aliphatic heterocycles. The van der Waals surface area contributed by atoms with Gasteiger partial charge in [-0.3, -0.25) is 9.59 Å². The first-order valence-electron chi connectivity index (χ1n) is 7.81. The average Bonchev–Trinajstić information content (AvgIpc) is 2.38. The number of hydrogen-bond donors (Lipinski definition) is 3. The van der Waals surface area contributed by atoms with Crippen LogP contribution in [0.5, 0.6) is 0 Å². The van der Waals surface area contributed by atoms with Gasteiger partial charge in [-0.15, -0.1) is 0 Å². The minimum Gasteiger partial charge on any atom is -0.481 e. The second-order valence-corrected chi connectivity index (χ2v) is 7.54. The Morgan fingerprint density at radius 3 is 2.10 bits per heavy atom. The summed E-state index contributed by atoms with van der Waals surface area (Å²) in [6.07, 6.45) is 5.81. The molecule has 5 nitrogen and oxygen atoms in total. The Kier molecular flexibility index (Phi) is 5.42. The maximum atomic E-state index is 12.4. The molecule has 0 bridgehead atoms. The number of nitrogens with one attached hydrogen (secondary N) is 1. The van der Waals surface area contributed by atoms with E-state index < -0.39 is 16.9 Å². The summed E-state index contributed by atoms with van der Waals surface area (Å²) < 4.78 is 0. The van der Waals surface area contributed by atoms with Gasteiger partial charge in [-0.25, -0.2) is 0 Å². The van der Waals surface area contributed by atoms with E-state index >= 15 is 0 Å². The number of carbonyl (C=O) groups is 2. The first kappa shape index (κ1) is 18.0. The Hall–Kier alpha value is -1.10. The van der Waals surface area contributed by atoms with Crippen molar-refractivity contribution in [3.8, 4) is 0 Å². The van der Waals surface area contributed by atoms with Crippen molar-refractivity contribution < 1.29 is 14.7 Å². The normalized spacial score (nSPS) is 19.1. The molecule has 1 rings (SSSR count). The highest BCUT2D eigenvalue weighted by atomic mass is 16.4. The lowest BCUT2D eigenvalue weighted by Crippen LogP contribution is -2.57. The van der Waals surface area contributed by atoms with Crippen LogP contribution in [0, 0.1) is 10.8 Å². The Morgan fingerprint density at radius 1 is 1.14 bits per heavy atom. The molecule has 0 aromatic carbocycles. The highest BCUT2D eigenvalue weighted by molar-refractivity contribution is 5.81. The smallest absolute Gasteiger partial charge is 0.311 e. The van der Waals surface area contributed by atoms with Crippen LogP contribution in [0.4, 0.5) is 0 Å². The summed E-state index contributed by atoms with van der Waals surface area (Å²) in [5.41, 5.74) is 3.95. The fourth-order valence-electron chi connectivity index (χ4n) is 2.91. The van der Waals surface area contributed by atoms with E-state index in [1.54, 1.807) is 27.7 Å². The molecule has 1 fully saturated rings. The van der Waals surface area contributed by atoms with E-state index in [0.717, 1.165) is 25.7 Å². The Balaban J connectivity index is 2.74. The van der Waals surface area contributed by atoms with E-state index in [4.69, 9.17) is 5.73 Å². The highest BCUT2D eigenvalue weighted by Crippen LogP contribution is 2.39. The molecule has 4 N–H and O–H groups in total. The molecular weight excluding hydrogens is 268 g/mol. The Labute approximate surface area is 127 Å². The first-order chi connectivity index (χ1) is 9.56. The third-order valence-electron chi connectivity index (χ3n) is 5.43. The van der Waals surface area contributed by atoms with Gasteiger partial charge in [0.1, 0.15) is 0 Å². The van der Waals surface area contributed by atoms with E-state index in [-0.39, 0.29) is 11.3 Å². The molecule has 0 radical (unpaired) electrons. The predicted octanol–water partition coefficient (Wildman–Crippen LogP) is 2.29. The number of rotatable bonds is 6. The van der Waals surface area contributed by atoms with Crippen LogP contribution in [0.3, 0.4) is 0 Å². The zero-order valence-corrected chi connectivity index (χ0v) is 13.8. The number of carbonyl (C=O) groups excluding carboxylic acids is 1. The second-order valence-electron chi connectivity index (χ2n) is 7.54. The number of carboxylic acid groups (broad SMARTS) is 1. The zero-order chi connectivity index (χ0) is 16.3. The maximum absolute atomic E-state index is 12.4.